The summed E-state index contributed by atoms with van der Waals surface area (Å²) in [5.41, 5.74) is 2.18. The minimum Gasteiger partial charge on any atom is -0.497 e. The number of carboxylic acid groups (broad SMARTS) is 1. The van der Waals surface area contributed by atoms with Crippen LogP contribution in [-0.2, 0) is 11.3 Å². The lowest BCUT2D eigenvalue weighted by molar-refractivity contribution is -0.00813. The smallest absolute Gasteiger partial charge is 0.407 e. The van der Waals surface area contributed by atoms with Crippen LogP contribution in [0.5, 0.6) is 5.75 Å². The maximum atomic E-state index is 13.6. The second kappa shape index (κ2) is 11.2. The van der Waals surface area contributed by atoms with Crippen molar-refractivity contribution in [2.45, 2.75) is 75.7 Å². The number of likely N-dealkylation sites (tertiary alicyclic amines) is 1. The number of benzene rings is 2. The molecule has 3 atom stereocenters. The number of halogens is 1. The summed E-state index contributed by atoms with van der Waals surface area (Å²) in [5.74, 6) is 0.985. The summed E-state index contributed by atoms with van der Waals surface area (Å²) in [5, 5.41) is 13.4. The van der Waals surface area contributed by atoms with Gasteiger partial charge in [-0.1, -0.05) is 24.3 Å². The first-order valence-corrected chi connectivity index (χ1v) is 12.2. The molecular formula is C27H35FN2O4. The SMILES string of the molecule is COc1ccc(CN[C@H]2C[C@@H](C)N(C(=O)O)[C@H]2COC2CCC(c3cccc(F)c3)CC2)cc1. The monoisotopic (exact) mass is 470 g/mol. The first kappa shape index (κ1) is 24.5. The van der Waals surface area contributed by atoms with Crippen molar-refractivity contribution in [2.24, 2.45) is 0 Å². The van der Waals surface area contributed by atoms with Crippen LogP contribution in [0.3, 0.4) is 0 Å². The van der Waals surface area contributed by atoms with Crippen LogP contribution in [0.15, 0.2) is 48.5 Å². The van der Waals surface area contributed by atoms with E-state index in [0.29, 0.717) is 19.1 Å². The van der Waals surface area contributed by atoms with Crippen molar-refractivity contribution in [3.8, 4) is 5.75 Å². The molecule has 34 heavy (non-hydrogen) atoms. The van der Waals surface area contributed by atoms with E-state index in [0.717, 1.165) is 49.0 Å². The molecule has 1 aliphatic heterocycles. The lowest BCUT2D eigenvalue weighted by Gasteiger charge is -2.33. The number of hydrogen-bond acceptors (Lipinski definition) is 4. The van der Waals surface area contributed by atoms with Crippen LogP contribution < -0.4 is 10.1 Å². The quantitative estimate of drug-likeness (QED) is 0.557. The van der Waals surface area contributed by atoms with Gasteiger partial charge in [0.15, 0.2) is 0 Å². The number of rotatable bonds is 8. The third kappa shape index (κ3) is 5.88. The number of ether oxygens (including phenoxy) is 2. The van der Waals surface area contributed by atoms with Crippen LogP contribution in [-0.4, -0.2) is 54.0 Å². The fourth-order valence-corrected chi connectivity index (χ4v) is 5.46. The fourth-order valence-electron chi connectivity index (χ4n) is 5.46. The van der Waals surface area contributed by atoms with Gasteiger partial charge in [-0.2, -0.15) is 0 Å². The van der Waals surface area contributed by atoms with Gasteiger partial charge in [0, 0.05) is 18.6 Å². The van der Waals surface area contributed by atoms with E-state index < -0.39 is 6.09 Å². The maximum absolute atomic E-state index is 13.6. The summed E-state index contributed by atoms with van der Waals surface area (Å²) < 4.78 is 25.1. The van der Waals surface area contributed by atoms with E-state index >= 15 is 0 Å². The second-order valence-corrected chi connectivity index (χ2v) is 9.54. The molecule has 7 heteroatoms. The molecule has 2 aromatic carbocycles. The third-order valence-electron chi connectivity index (χ3n) is 7.34. The zero-order valence-corrected chi connectivity index (χ0v) is 20.0. The van der Waals surface area contributed by atoms with Gasteiger partial charge in [-0.25, -0.2) is 9.18 Å². The Labute approximate surface area is 201 Å². The van der Waals surface area contributed by atoms with Crippen LogP contribution in [0.2, 0.25) is 0 Å². The Morgan fingerprint density at radius 3 is 2.53 bits per heavy atom. The number of amides is 1. The van der Waals surface area contributed by atoms with Crippen molar-refractivity contribution < 1.29 is 23.8 Å². The van der Waals surface area contributed by atoms with E-state index in [9.17, 15) is 14.3 Å². The van der Waals surface area contributed by atoms with Crippen LogP contribution in [0.25, 0.3) is 0 Å². The van der Waals surface area contributed by atoms with Gasteiger partial charge >= 0.3 is 6.09 Å². The average Bonchev–Trinajstić information content (AvgIpc) is 3.17. The highest BCUT2D eigenvalue weighted by molar-refractivity contribution is 5.66. The highest BCUT2D eigenvalue weighted by Gasteiger charge is 2.42. The molecule has 0 radical (unpaired) electrons. The van der Waals surface area contributed by atoms with Gasteiger partial charge in [-0.15, -0.1) is 0 Å². The maximum Gasteiger partial charge on any atom is 0.407 e. The zero-order valence-electron chi connectivity index (χ0n) is 20.0. The molecule has 0 unspecified atom stereocenters. The van der Waals surface area contributed by atoms with Gasteiger partial charge in [0.05, 0.1) is 25.9 Å². The Balaban J connectivity index is 1.32. The van der Waals surface area contributed by atoms with Gasteiger partial charge in [-0.3, -0.25) is 4.90 Å². The van der Waals surface area contributed by atoms with Gasteiger partial charge in [0.1, 0.15) is 11.6 Å². The highest BCUT2D eigenvalue weighted by Crippen LogP contribution is 2.35. The number of nitrogens with zero attached hydrogens (tertiary/aromatic N) is 1. The summed E-state index contributed by atoms with van der Waals surface area (Å²) in [7, 11) is 1.65. The van der Waals surface area contributed by atoms with E-state index in [4.69, 9.17) is 9.47 Å². The lowest BCUT2D eigenvalue weighted by atomic mass is 9.82. The van der Waals surface area contributed by atoms with E-state index in [1.165, 1.54) is 6.07 Å². The Morgan fingerprint density at radius 2 is 1.88 bits per heavy atom. The van der Waals surface area contributed by atoms with Crippen molar-refractivity contribution in [1.82, 2.24) is 10.2 Å². The molecular weight excluding hydrogens is 435 g/mol. The predicted molar refractivity (Wildman–Crippen MR) is 129 cm³/mol. The molecule has 0 bridgehead atoms. The number of methoxy groups -OCH3 is 1. The Bertz CT molecular complexity index is 946. The molecule has 2 aliphatic rings. The summed E-state index contributed by atoms with van der Waals surface area (Å²) >= 11 is 0. The topological polar surface area (TPSA) is 71.0 Å². The number of nitrogens with one attached hydrogen (secondary N) is 1. The lowest BCUT2D eigenvalue weighted by Crippen LogP contribution is -2.48. The average molecular weight is 471 g/mol. The Hall–Kier alpha value is -2.64. The summed E-state index contributed by atoms with van der Waals surface area (Å²) in [6.45, 7) is 3.00. The third-order valence-corrected chi connectivity index (χ3v) is 7.34. The molecule has 1 aliphatic carbocycles. The first-order chi connectivity index (χ1) is 16.4. The molecule has 1 amide bonds. The van der Waals surface area contributed by atoms with Crippen LogP contribution in [0.1, 0.15) is 56.1 Å². The molecule has 2 N–H and O–H groups in total. The van der Waals surface area contributed by atoms with Crippen LogP contribution in [0.4, 0.5) is 9.18 Å². The predicted octanol–water partition coefficient (Wildman–Crippen LogP) is 5.18. The molecule has 0 aromatic heterocycles. The summed E-state index contributed by atoms with van der Waals surface area (Å²) in [6, 6.07) is 14.5. The van der Waals surface area contributed by atoms with Gasteiger partial charge < -0.3 is 19.9 Å². The first-order valence-electron chi connectivity index (χ1n) is 12.2. The summed E-state index contributed by atoms with van der Waals surface area (Å²) in [4.78, 5) is 13.5. The van der Waals surface area contributed by atoms with E-state index in [2.05, 4.69) is 5.32 Å². The fraction of sp³-hybridized carbons (Fsp3) is 0.519. The molecule has 6 nitrogen and oxygen atoms in total. The Kier molecular flexibility index (Phi) is 8.06. The van der Waals surface area contributed by atoms with Gasteiger partial charge in [-0.05, 0) is 80.3 Å². The van der Waals surface area contributed by atoms with Crippen molar-refractivity contribution in [3.05, 3.63) is 65.5 Å². The van der Waals surface area contributed by atoms with Crippen molar-refractivity contribution >= 4 is 6.09 Å². The largest absolute Gasteiger partial charge is 0.497 e. The van der Waals surface area contributed by atoms with Crippen LogP contribution >= 0.6 is 0 Å². The molecule has 184 valence electrons. The molecule has 2 fully saturated rings. The van der Waals surface area contributed by atoms with Gasteiger partial charge in [0.25, 0.3) is 0 Å². The standard InChI is InChI=1S/C27H35FN2O4/c1-18-14-25(29-16-19-6-10-23(33-2)11-7-19)26(30(18)27(31)32)17-34-24-12-8-20(9-13-24)21-4-3-5-22(28)15-21/h3-7,10-11,15,18,20,24-26,29H,8-9,12-14,16-17H2,1-2H3,(H,31,32)/t18-,20?,24?,25+,26+/m1/s1. The molecule has 2 aromatic rings. The molecule has 4 rings (SSSR count). The minimum absolute atomic E-state index is 0.0248. The zero-order chi connectivity index (χ0) is 24.1. The van der Waals surface area contributed by atoms with Gasteiger partial charge in [0.2, 0.25) is 0 Å². The molecule has 1 heterocycles. The molecule has 1 saturated carbocycles. The van der Waals surface area contributed by atoms with E-state index in [1.807, 2.05) is 37.3 Å². The van der Waals surface area contributed by atoms with Crippen molar-refractivity contribution in [1.29, 1.82) is 0 Å². The van der Waals surface area contributed by atoms with Crippen molar-refractivity contribution in [3.63, 3.8) is 0 Å². The summed E-state index contributed by atoms with van der Waals surface area (Å²) in [6.07, 6.45) is 3.68. The van der Waals surface area contributed by atoms with E-state index in [-0.39, 0.29) is 30.0 Å². The number of carbonyl (C=O) groups is 1. The Morgan fingerprint density at radius 1 is 1.15 bits per heavy atom. The highest BCUT2D eigenvalue weighted by atomic mass is 19.1. The molecule has 0 spiro atoms. The number of hydrogen-bond donors (Lipinski definition) is 2. The minimum atomic E-state index is -0.898. The van der Waals surface area contributed by atoms with Crippen LogP contribution in [0, 0.1) is 5.82 Å². The molecule has 1 saturated heterocycles. The van der Waals surface area contributed by atoms with Crippen molar-refractivity contribution in [2.75, 3.05) is 13.7 Å². The van der Waals surface area contributed by atoms with E-state index in [1.54, 1.807) is 24.1 Å². The second-order valence-electron chi connectivity index (χ2n) is 9.54. The normalized spacial score (nSPS) is 27.0.